The number of carboxylic acids is 1. The van der Waals surface area contributed by atoms with Gasteiger partial charge in [-0.25, -0.2) is 0 Å². The highest BCUT2D eigenvalue weighted by atomic mass is 16.7. The number of ether oxygens (including phenoxy) is 3. The van der Waals surface area contributed by atoms with Crippen molar-refractivity contribution < 1.29 is 48.4 Å². The molecule has 1 heterocycles. The SMILES string of the molecule is CCC(C)C(=O)OC1CC/C(=N\OCC2COCOC2)C2=CC(=O)C(C)C(CCC(=O)CC(O)CC(=O)O)C21. The molecule has 2 N–H and O–H groups in total. The summed E-state index contributed by atoms with van der Waals surface area (Å²) in [6.45, 7) is 7.12. The summed E-state index contributed by atoms with van der Waals surface area (Å²) in [4.78, 5) is 54.8. The number of esters is 1. The van der Waals surface area contributed by atoms with E-state index in [1.165, 1.54) is 0 Å². The molecule has 0 spiro atoms. The van der Waals surface area contributed by atoms with Crippen LogP contribution in [-0.2, 0) is 38.2 Å². The van der Waals surface area contributed by atoms with Crippen LogP contribution >= 0.6 is 0 Å². The highest BCUT2D eigenvalue weighted by Gasteiger charge is 2.46. The minimum atomic E-state index is -1.26. The first-order valence-corrected chi connectivity index (χ1v) is 13.8. The number of rotatable bonds is 13. The van der Waals surface area contributed by atoms with Gasteiger partial charge < -0.3 is 29.3 Å². The molecule has 3 rings (SSSR count). The van der Waals surface area contributed by atoms with Crippen molar-refractivity contribution >= 4 is 29.2 Å². The Balaban J connectivity index is 1.79. The van der Waals surface area contributed by atoms with Gasteiger partial charge in [0, 0.05) is 30.6 Å². The zero-order chi connectivity index (χ0) is 28.5. The lowest BCUT2D eigenvalue weighted by Gasteiger charge is -2.43. The molecule has 39 heavy (non-hydrogen) atoms. The van der Waals surface area contributed by atoms with Crippen LogP contribution < -0.4 is 0 Å². The van der Waals surface area contributed by atoms with Crippen LogP contribution in [0.25, 0.3) is 0 Å². The van der Waals surface area contributed by atoms with Crippen molar-refractivity contribution in [3.63, 3.8) is 0 Å². The van der Waals surface area contributed by atoms with Crippen LogP contribution in [0.4, 0.5) is 0 Å². The molecule has 6 atom stereocenters. The van der Waals surface area contributed by atoms with Gasteiger partial charge in [0.25, 0.3) is 0 Å². The number of nitrogens with zero attached hydrogens (tertiary/aromatic N) is 1. The molecule has 0 radical (unpaired) electrons. The zero-order valence-corrected chi connectivity index (χ0v) is 23.0. The number of oxime groups is 1. The minimum Gasteiger partial charge on any atom is -0.481 e. The molecule has 218 valence electrons. The first-order valence-electron chi connectivity index (χ1n) is 13.8. The van der Waals surface area contributed by atoms with Crippen LogP contribution in [0.1, 0.15) is 65.7 Å². The molecule has 3 aliphatic rings. The first-order chi connectivity index (χ1) is 18.6. The van der Waals surface area contributed by atoms with Gasteiger partial charge in [0.1, 0.15) is 25.3 Å². The maximum absolute atomic E-state index is 13.1. The Morgan fingerprint density at radius 3 is 2.59 bits per heavy atom. The second-order valence-electron chi connectivity index (χ2n) is 10.9. The molecule has 11 nitrogen and oxygen atoms in total. The highest BCUT2D eigenvalue weighted by molar-refractivity contribution is 6.08. The minimum absolute atomic E-state index is 0.0453. The number of carbonyl (C=O) groups is 4. The fraction of sp³-hybridized carbons (Fsp3) is 0.750. The number of aliphatic hydroxyl groups excluding tert-OH is 1. The summed E-state index contributed by atoms with van der Waals surface area (Å²) in [6, 6.07) is 0. The Morgan fingerprint density at radius 2 is 1.92 bits per heavy atom. The molecule has 0 aromatic heterocycles. The lowest BCUT2D eigenvalue weighted by atomic mass is 9.63. The van der Waals surface area contributed by atoms with Gasteiger partial charge in [-0.2, -0.15) is 0 Å². The van der Waals surface area contributed by atoms with Crippen molar-refractivity contribution in [3.05, 3.63) is 11.6 Å². The standard InChI is InChI=1S/C28H41NO10/c1-4-16(2)28(35)39-25-8-7-23(29-38-14-18-12-36-15-37-13-18)22-11-24(32)17(3)21(27(22)25)6-5-19(30)9-20(31)10-26(33)34/h11,16-18,20-21,25,27,31H,4-10,12-15H2,1-3H3,(H,33,34)/b29-23+. The third-order valence-corrected chi connectivity index (χ3v) is 7.88. The van der Waals surface area contributed by atoms with Crippen LogP contribution in [-0.4, -0.2) is 78.3 Å². The number of carbonyl (C=O) groups excluding carboxylic acids is 3. The lowest BCUT2D eigenvalue weighted by Crippen LogP contribution is -2.46. The summed E-state index contributed by atoms with van der Waals surface area (Å²) in [5.41, 5.74) is 1.30. The molecular formula is C28H41NO10. The van der Waals surface area contributed by atoms with E-state index >= 15 is 0 Å². The second-order valence-corrected chi connectivity index (χ2v) is 10.9. The maximum atomic E-state index is 13.1. The van der Waals surface area contributed by atoms with Crippen LogP contribution in [0.5, 0.6) is 0 Å². The molecule has 1 saturated carbocycles. The number of hydrogen-bond acceptors (Lipinski definition) is 10. The Bertz CT molecular complexity index is 954. The van der Waals surface area contributed by atoms with Crippen LogP contribution in [0.3, 0.4) is 0 Å². The average molecular weight is 552 g/mol. The number of allylic oxidation sites excluding steroid dienone is 1. The number of ketones is 2. The van der Waals surface area contributed by atoms with E-state index in [9.17, 15) is 24.3 Å². The van der Waals surface area contributed by atoms with E-state index in [1.807, 2.05) is 20.8 Å². The van der Waals surface area contributed by atoms with E-state index in [0.717, 1.165) is 0 Å². The number of aliphatic carboxylic acids is 1. The Morgan fingerprint density at radius 1 is 1.21 bits per heavy atom. The van der Waals surface area contributed by atoms with Crippen LogP contribution in [0, 0.1) is 29.6 Å². The third kappa shape index (κ3) is 8.68. The van der Waals surface area contributed by atoms with Crippen molar-refractivity contribution in [1.82, 2.24) is 0 Å². The van der Waals surface area contributed by atoms with Crippen LogP contribution in [0.15, 0.2) is 16.8 Å². The molecule has 2 fully saturated rings. The topological polar surface area (TPSA) is 158 Å². The number of Topliss-reactive ketones (excluding diaryl/α,β-unsaturated/α-hetero) is 1. The van der Waals surface area contributed by atoms with Crippen molar-refractivity contribution in [2.24, 2.45) is 34.7 Å². The quantitative estimate of drug-likeness (QED) is 0.257. The zero-order valence-electron chi connectivity index (χ0n) is 23.0. The normalized spacial score (nSPS) is 28.3. The third-order valence-electron chi connectivity index (χ3n) is 7.88. The monoisotopic (exact) mass is 551 g/mol. The van der Waals surface area contributed by atoms with Gasteiger partial charge in [-0.05, 0) is 43.3 Å². The summed E-state index contributed by atoms with van der Waals surface area (Å²) in [6.07, 6.45) is 1.06. The van der Waals surface area contributed by atoms with Gasteiger partial charge in [0.2, 0.25) is 0 Å². The fourth-order valence-electron chi connectivity index (χ4n) is 5.40. The van der Waals surface area contributed by atoms with Gasteiger partial charge in [0.05, 0.1) is 37.4 Å². The van der Waals surface area contributed by atoms with E-state index in [0.29, 0.717) is 56.8 Å². The summed E-state index contributed by atoms with van der Waals surface area (Å²) in [5.74, 6) is -3.15. The van der Waals surface area contributed by atoms with Gasteiger partial charge in [-0.1, -0.05) is 25.9 Å². The molecule has 6 unspecified atom stereocenters. The number of carboxylic acid groups (broad SMARTS) is 1. The van der Waals surface area contributed by atoms with Crippen molar-refractivity contribution in [3.8, 4) is 0 Å². The van der Waals surface area contributed by atoms with E-state index in [2.05, 4.69) is 5.16 Å². The smallest absolute Gasteiger partial charge is 0.308 e. The van der Waals surface area contributed by atoms with Gasteiger partial charge in [-0.15, -0.1) is 0 Å². The van der Waals surface area contributed by atoms with Crippen molar-refractivity contribution in [2.75, 3.05) is 26.6 Å². The summed E-state index contributed by atoms with van der Waals surface area (Å²) < 4.78 is 16.6. The summed E-state index contributed by atoms with van der Waals surface area (Å²) in [7, 11) is 0. The van der Waals surface area contributed by atoms with E-state index in [4.69, 9.17) is 24.2 Å². The molecular weight excluding hydrogens is 510 g/mol. The largest absolute Gasteiger partial charge is 0.481 e. The van der Waals surface area contributed by atoms with Crippen molar-refractivity contribution in [2.45, 2.75) is 77.9 Å². The summed E-state index contributed by atoms with van der Waals surface area (Å²) in [5, 5.41) is 23.1. The maximum Gasteiger partial charge on any atom is 0.308 e. The molecule has 0 bridgehead atoms. The molecule has 1 aliphatic heterocycles. The Labute approximate surface area is 228 Å². The highest BCUT2D eigenvalue weighted by Crippen LogP contribution is 2.44. The Hall–Kier alpha value is -2.63. The average Bonchev–Trinajstić information content (AvgIpc) is 2.89. The molecule has 0 amide bonds. The second kappa shape index (κ2) is 14.7. The molecule has 0 aromatic rings. The van der Waals surface area contributed by atoms with Gasteiger partial charge in [0.15, 0.2) is 5.78 Å². The number of fused-ring (bicyclic) bond motifs is 1. The van der Waals surface area contributed by atoms with Crippen molar-refractivity contribution in [1.29, 1.82) is 0 Å². The fourth-order valence-corrected chi connectivity index (χ4v) is 5.40. The van der Waals surface area contributed by atoms with Gasteiger partial charge in [-0.3, -0.25) is 19.2 Å². The van der Waals surface area contributed by atoms with Crippen LogP contribution in [0.2, 0.25) is 0 Å². The van der Waals surface area contributed by atoms with Gasteiger partial charge >= 0.3 is 11.9 Å². The predicted molar refractivity (Wildman–Crippen MR) is 139 cm³/mol. The van der Waals surface area contributed by atoms with E-state index in [1.54, 1.807) is 6.08 Å². The summed E-state index contributed by atoms with van der Waals surface area (Å²) >= 11 is 0. The number of aliphatic hydroxyl groups is 1. The van der Waals surface area contributed by atoms with E-state index < -0.39 is 30.5 Å². The molecule has 2 aliphatic carbocycles. The van der Waals surface area contributed by atoms with E-state index in [-0.39, 0.29) is 60.8 Å². The number of hydrogen-bond donors (Lipinski definition) is 2. The molecule has 11 heteroatoms. The first kappa shape index (κ1) is 30.9. The molecule has 0 aromatic carbocycles. The Kier molecular flexibility index (Phi) is 11.6. The lowest BCUT2D eigenvalue weighted by molar-refractivity contribution is -0.158. The predicted octanol–water partition coefficient (Wildman–Crippen LogP) is 2.68. The molecule has 1 saturated heterocycles.